The van der Waals surface area contributed by atoms with Gasteiger partial charge in [0.1, 0.15) is 0 Å². The summed E-state index contributed by atoms with van der Waals surface area (Å²) in [7, 11) is 0. The summed E-state index contributed by atoms with van der Waals surface area (Å²) in [5.41, 5.74) is 4.96. The zero-order valence-electron chi connectivity index (χ0n) is 5.75. The summed E-state index contributed by atoms with van der Waals surface area (Å²) in [6.07, 6.45) is 0.231. The Balaban J connectivity index is 2.19. The number of amides is 1. The fourth-order valence-corrected chi connectivity index (χ4v) is 0.920. The lowest BCUT2D eigenvalue weighted by Crippen LogP contribution is -2.36. The average molecular weight is 143 g/mol. The Morgan fingerprint density at radius 3 is 3.10 bits per heavy atom. The van der Waals surface area contributed by atoms with Crippen LogP contribution in [-0.2, 0) is 9.53 Å². The van der Waals surface area contributed by atoms with E-state index in [0.29, 0.717) is 19.6 Å². The molecule has 1 radical (unpaired) electrons. The standard InChI is InChI=1S/C6H11N2O2/c7-6(9)3-5-4-8-1-2-10-5/h5H,1-4H2,(H2,7,9). The molecule has 4 heteroatoms. The molecule has 57 valence electrons. The molecule has 0 aromatic carbocycles. The highest BCUT2D eigenvalue weighted by Gasteiger charge is 2.15. The normalized spacial score (nSPS) is 26.2. The van der Waals surface area contributed by atoms with Gasteiger partial charge in [-0.3, -0.25) is 4.79 Å². The van der Waals surface area contributed by atoms with E-state index in [-0.39, 0.29) is 12.0 Å². The molecule has 1 rings (SSSR count). The van der Waals surface area contributed by atoms with Crippen LogP contribution in [0.4, 0.5) is 0 Å². The van der Waals surface area contributed by atoms with E-state index in [4.69, 9.17) is 10.5 Å². The minimum absolute atomic E-state index is 0.0637. The highest BCUT2D eigenvalue weighted by molar-refractivity contribution is 5.74. The third-order valence-corrected chi connectivity index (χ3v) is 1.36. The van der Waals surface area contributed by atoms with Crippen molar-refractivity contribution >= 4 is 5.91 Å². The van der Waals surface area contributed by atoms with Gasteiger partial charge in [0.25, 0.3) is 0 Å². The quantitative estimate of drug-likeness (QED) is 0.531. The van der Waals surface area contributed by atoms with Crippen LogP contribution in [0, 0.1) is 0 Å². The third kappa shape index (κ3) is 2.33. The Bertz CT molecular complexity index is 121. The van der Waals surface area contributed by atoms with Gasteiger partial charge >= 0.3 is 0 Å². The maximum atomic E-state index is 10.4. The van der Waals surface area contributed by atoms with Crippen LogP contribution in [0.2, 0.25) is 0 Å². The largest absolute Gasteiger partial charge is 0.375 e. The molecule has 1 heterocycles. The molecular weight excluding hydrogens is 132 g/mol. The van der Waals surface area contributed by atoms with E-state index in [0.717, 1.165) is 6.54 Å². The van der Waals surface area contributed by atoms with Gasteiger partial charge < -0.3 is 10.5 Å². The first-order chi connectivity index (χ1) is 4.79. The number of morpholine rings is 1. The smallest absolute Gasteiger partial charge is 0.220 e. The molecule has 4 nitrogen and oxygen atoms in total. The summed E-state index contributed by atoms with van der Waals surface area (Å²) in [5, 5.41) is 4.08. The summed E-state index contributed by atoms with van der Waals surface area (Å²) in [4.78, 5) is 10.4. The monoisotopic (exact) mass is 143 g/mol. The molecule has 0 saturated carbocycles. The number of carbonyl (C=O) groups excluding carboxylic acids is 1. The van der Waals surface area contributed by atoms with E-state index in [1.807, 2.05) is 0 Å². The number of hydrogen-bond donors (Lipinski definition) is 1. The zero-order chi connectivity index (χ0) is 7.40. The molecule has 1 aliphatic heterocycles. The van der Waals surface area contributed by atoms with Crippen molar-refractivity contribution in [3.8, 4) is 0 Å². The van der Waals surface area contributed by atoms with E-state index in [9.17, 15) is 4.79 Å². The van der Waals surface area contributed by atoms with E-state index in [1.165, 1.54) is 0 Å². The Morgan fingerprint density at radius 2 is 2.60 bits per heavy atom. The predicted molar refractivity (Wildman–Crippen MR) is 35.4 cm³/mol. The topological polar surface area (TPSA) is 66.4 Å². The SMILES string of the molecule is NC(=O)CC1C[N]CCO1. The second-order valence-electron chi connectivity index (χ2n) is 2.29. The zero-order valence-corrected chi connectivity index (χ0v) is 5.75. The van der Waals surface area contributed by atoms with Gasteiger partial charge in [-0.1, -0.05) is 0 Å². The minimum Gasteiger partial charge on any atom is -0.375 e. The van der Waals surface area contributed by atoms with E-state index < -0.39 is 0 Å². The van der Waals surface area contributed by atoms with Crippen LogP contribution < -0.4 is 11.1 Å². The summed E-state index contributed by atoms with van der Waals surface area (Å²) in [6, 6.07) is 0. The average Bonchev–Trinajstić information content (AvgIpc) is 1.88. The highest BCUT2D eigenvalue weighted by atomic mass is 16.5. The molecule has 0 aromatic heterocycles. The van der Waals surface area contributed by atoms with Gasteiger partial charge in [-0.2, -0.15) is 0 Å². The molecule has 0 aliphatic carbocycles. The third-order valence-electron chi connectivity index (χ3n) is 1.36. The van der Waals surface area contributed by atoms with Gasteiger partial charge in [0.05, 0.1) is 19.1 Å². The number of carbonyl (C=O) groups is 1. The summed E-state index contributed by atoms with van der Waals surface area (Å²) in [5.74, 6) is -0.317. The van der Waals surface area contributed by atoms with Crippen molar-refractivity contribution in [2.75, 3.05) is 19.7 Å². The van der Waals surface area contributed by atoms with Gasteiger partial charge in [-0.05, 0) is 0 Å². The van der Waals surface area contributed by atoms with Gasteiger partial charge in [-0.15, -0.1) is 0 Å². The Morgan fingerprint density at radius 1 is 1.80 bits per heavy atom. The van der Waals surface area contributed by atoms with Crippen molar-refractivity contribution in [3.05, 3.63) is 0 Å². The molecule has 1 unspecified atom stereocenters. The molecule has 0 spiro atoms. The van der Waals surface area contributed by atoms with E-state index >= 15 is 0 Å². The number of ether oxygens (including phenoxy) is 1. The first-order valence-corrected chi connectivity index (χ1v) is 3.32. The maximum absolute atomic E-state index is 10.4. The number of nitrogens with zero attached hydrogens (tertiary/aromatic N) is 1. The minimum atomic E-state index is -0.317. The maximum Gasteiger partial charge on any atom is 0.220 e. The molecule has 10 heavy (non-hydrogen) atoms. The molecule has 1 atom stereocenters. The Labute approximate surface area is 59.7 Å². The van der Waals surface area contributed by atoms with Crippen LogP contribution in [0.15, 0.2) is 0 Å². The molecule has 0 aromatic rings. The molecule has 1 amide bonds. The second kappa shape index (κ2) is 3.53. The highest BCUT2D eigenvalue weighted by Crippen LogP contribution is 2.00. The van der Waals surface area contributed by atoms with E-state index in [1.54, 1.807) is 0 Å². The van der Waals surface area contributed by atoms with Crippen molar-refractivity contribution in [2.45, 2.75) is 12.5 Å². The lowest BCUT2D eigenvalue weighted by molar-refractivity contribution is -0.121. The Kier molecular flexibility index (Phi) is 2.65. The van der Waals surface area contributed by atoms with Gasteiger partial charge in [0.2, 0.25) is 5.91 Å². The van der Waals surface area contributed by atoms with Crippen molar-refractivity contribution in [3.63, 3.8) is 0 Å². The van der Waals surface area contributed by atoms with Gasteiger partial charge in [0, 0.05) is 13.1 Å². The van der Waals surface area contributed by atoms with Crippen LogP contribution >= 0.6 is 0 Å². The molecule has 1 aliphatic rings. The Hall–Kier alpha value is -0.610. The lowest BCUT2D eigenvalue weighted by Gasteiger charge is -2.20. The van der Waals surface area contributed by atoms with Crippen LogP contribution in [0.25, 0.3) is 0 Å². The summed E-state index contributed by atoms with van der Waals surface area (Å²) in [6.45, 7) is 1.98. The predicted octanol–water partition coefficient (Wildman–Crippen LogP) is -1.14. The lowest BCUT2D eigenvalue weighted by atomic mass is 10.2. The van der Waals surface area contributed by atoms with Crippen LogP contribution in [0.3, 0.4) is 0 Å². The fourth-order valence-electron chi connectivity index (χ4n) is 0.920. The number of hydrogen-bond acceptors (Lipinski definition) is 2. The van der Waals surface area contributed by atoms with Crippen LogP contribution in [0.5, 0.6) is 0 Å². The first-order valence-electron chi connectivity index (χ1n) is 3.32. The molecule has 1 fully saturated rings. The number of rotatable bonds is 2. The van der Waals surface area contributed by atoms with Crippen molar-refractivity contribution in [1.82, 2.24) is 5.32 Å². The fraction of sp³-hybridized carbons (Fsp3) is 0.833. The van der Waals surface area contributed by atoms with Crippen molar-refractivity contribution in [2.24, 2.45) is 5.73 Å². The number of nitrogens with two attached hydrogens (primary N) is 1. The van der Waals surface area contributed by atoms with Crippen LogP contribution in [-0.4, -0.2) is 31.7 Å². The molecule has 1 saturated heterocycles. The van der Waals surface area contributed by atoms with Gasteiger partial charge in [0.15, 0.2) is 0 Å². The van der Waals surface area contributed by atoms with Crippen molar-refractivity contribution in [1.29, 1.82) is 0 Å². The van der Waals surface area contributed by atoms with Crippen LogP contribution in [0.1, 0.15) is 6.42 Å². The molecule has 2 N–H and O–H groups in total. The van der Waals surface area contributed by atoms with E-state index in [2.05, 4.69) is 5.32 Å². The molecular formula is C6H11N2O2. The van der Waals surface area contributed by atoms with Crippen molar-refractivity contribution < 1.29 is 9.53 Å². The number of primary amides is 1. The molecule has 0 bridgehead atoms. The summed E-state index contributed by atoms with van der Waals surface area (Å²) < 4.78 is 5.19. The summed E-state index contributed by atoms with van der Waals surface area (Å²) >= 11 is 0. The van der Waals surface area contributed by atoms with Gasteiger partial charge in [-0.25, -0.2) is 5.32 Å². The second-order valence-corrected chi connectivity index (χ2v) is 2.29. The first kappa shape index (κ1) is 7.50.